The maximum absolute atomic E-state index is 9.31. The molecule has 1 radical (unpaired) electrons. The van der Waals surface area contributed by atoms with E-state index < -0.39 is 0 Å². The second-order valence-electron chi connectivity index (χ2n) is 28.2. The third kappa shape index (κ3) is 21.9. The van der Waals surface area contributed by atoms with E-state index in [2.05, 4.69) is 265 Å². The molecule has 6 aliphatic rings. The van der Waals surface area contributed by atoms with Crippen molar-refractivity contribution in [1.29, 1.82) is 15.8 Å². The first-order valence-corrected chi connectivity index (χ1v) is 39.3. The molecule has 6 aromatic carbocycles. The molecule has 0 saturated heterocycles. The average molecular weight is 1670 g/mol. The molecule has 112 heavy (non-hydrogen) atoms. The fourth-order valence-corrected chi connectivity index (χ4v) is 14.9. The van der Waals surface area contributed by atoms with E-state index in [1.54, 1.807) is 22.3 Å². The largest absolute Gasteiger partial charge is 0.311 e. The molecular formula is C101H95Br2N8Y-. The number of aryl methyl sites for hydroxylation is 2. The van der Waals surface area contributed by atoms with Crippen LogP contribution in [0.2, 0.25) is 0 Å². The Balaban J connectivity index is 0.000000169. The van der Waals surface area contributed by atoms with Gasteiger partial charge >= 0.3 is 0 Å². The summed E-state index contributed by atoms with van der Waals surface area (Å²) >= 11 is 7.37. The Bertz CT molecular complexity index is 5400. The number of hydrogen-bond donors (Lipinski definition) is 0. The van der Waals surface area contributed by atoms with Gasteiger partial charge in [0.15, 0.2) is 0 Å². The van der Waals surface area contributed by atoms with Crippen molar-refractivity contribution in [3.63, 3.8) is 0 Å². The zero-order valence-electron chi connectivity index (χ0n) is 67.5. The van der Waals surface area contributed by atoms with E-state index in [1.165, 1.54) is 47.4 Å². The van der Waals surface area contributed by atoms with Crippen molar-refractivity contribution < 1.29 is 32.7 Å². The van der Waals surface area contributed by atoms with Gasteiger partial charge in [-0.15, -0.1) is 29.5 Å². The predicted molar refractivity (Wildman–Crippen MR) is 470 cm³/mol. The van der Waals surface area contributed by atoms with Gasteiger partial charge in [0.2, 0.25) is 0 Å². The minimum Gasteiger partial charge on any atom is -0.311 e. The number of fused-ring (bicyclic) bond motifs is 3. The number of pyridine rings is 3. The summed E-state index contributed by atoms with van der Waals surface area (Å²) in [5.41, 5.74) is 29.8. The number of allylic oxidation sites excluding steroid dienone is 20. The average Bonchev–Trinajstić information content (AvgIpc) is 1.55. The number of nitriles is 3. The van der Waals surface area contributed by atoms with Crippen molar-refractivity contribution in [2.45, 2.75) is 131 Å². The van der Waals surface area contributed by atoms with E-state index >= 15 is 0 Å². The van der Waals surface area contributed by atoms with Gasteiger partial charge in [0.25, 0.3) is 5.70 Å². The molecule has 0 aliphatic heterocycles. The molecular weight excluding hydrogens is 1570 g/mol. The molecule has 0 N–H and O–H groups in total. The van der Waals surface area contributed by atoms with E-state index in [4.69, 9.17) is 6.57 Å². The summed E-state index contributed by atoms with van der Waals surface area (Å²) in [5, 5.41) is 31.5. The summed E-state index contributed by atoms with van der Waals surface area (Å²) in [6, 6.07) is 67.4. The van der Waals surface area contributed by atoms with Crippen LogP contribution in [-0.4, -0.2) is 15.0 Å². The zero-order chi connectivity index (χ0) is 80.3. The van der Waals surface area contributed by atoms with Crippen LogP contribution in [0.5, 0.6) is 0 Å². The van der Waals surface area contributed by atoms with Crippen LogP contribution >= 0.6 is 31.9 Å². The van der Waals surface area contributed by atoms with E-state index in [9.17, 15) is 15.8 Å². The smallest absolute Gasteiger partial charge is 0.269 e. The fraction of sp³-hybridized carbons (Fsp3) is 0.248. The first kappa shape index (κ1) is 86.9. The fourth-order valence-electron chi connectivity index (χ4n) is 13.2. The molecule has 0 spiro atoms. The molecule has 3 aromatic heterocycles. The molecule has 8 nitrogen and oxygen atoms in total. The summed E-state index contributed by atoms with van der Waals surface area (Å²) in [6.45, 7) is 46.6. The van der Waals surface area contributed by atoms with Gasteiger partial charge in [-0.05, 0) is 249 Å². The Kier molecular flexibility index (Phi) is 31.4. The van der Waals surface area contributed by atoms with Crippen LogP contribution in [0, 0.1) is 119 Å². The number of aromatic nitrogens is 3. The summed E-state index contributed by atoms with van der Waals surface area (Å²) < 4.78 is 2.53. The summed E-state index contributed by atoms with van der Waals surface area (Å²) in [7, 11) is 0. The maximum atomic E-state index is 9.31. The van der Waals surface area contributed by atoms with Crippen LogP contribution in [0.25, 0.3) is 37.6 Å². The van der Waals surface area contributed by atoms with Crippen LogP contribution < -0.4 is 4.90 Å². The Hall–Kier alpha value is -10.7. The van der Waals surface area contributed by atoms with Crippen LogP contribution in [-0.2, 0) is 45.6 Å². The van der Waals surface area contributed by atoms with E-state index in [1.807, 2.05) is 164 Å². The van der Waals surface area contributed by atoms with Gasteiger partial charge in [-0.3, -0.25) is 15.0 Å². The van der Waals surface area contributed by atoms with Gasteiger partial charge in [0, 0.05) is 144 Å². The third-order valence-electron chi connectivity index (χ3n) is 21.4. The first-order chi connectivity index (χ1) is 53.4. The Morgan fingerprint density at radius 3 is 1.01 bits per heavy atom. The van der Waals surface area contributed by atoms with Gasteiger partial charge in [-0.25, -0.2) is 17.0 Å². The quantitative estimate of drug-likeness (QED) is 0.0517. The molecule has 9 aromatic rings. The maximum Gasteiger partial charge on any atom is 0.269 e. The molecule has 0 bridgehead atoms. The summed E-state index contributed by atoms with van der Waals surface area (Å²) in [6.07, 6.45) is 6.60. The number of nitrogens with zero attached hydrogens (tertiary/aromatic N) is 8. The van der Waals surface area contributed by atoms with Crippen LogP contribution in [0.1, 0.15) is 151 Å². The van der Waals surface area contributed by atoms with Crippen LogP contribution in [0.15, 0.2) is 292 Å². The van der Waals surface area contributed by atoms with E-state index in [-0.39, 0.29) is 55.8 Å². The normalized spacial score (nSPS) is 17.6. The number of para-hydroxylation sites is 3. The minimum atomic E-state index is -0.0453. The first-order valence-electron chi connectivity index (χ1n) is 37.8. The number of rotatable bonds is 12. The van der Waals surface area contributed by atoms with Gasteiger partial charge in [-0.1, -0.05) is 185 Å². The van der Waals surface area contributed by atoms with Gasteiger partial charge in [0.05, 0.1) is 29.2 Å². The number of anilines is 3. The molecule has 11 heteroatoms. The second kappa shape index (κ2) is 40.5. The second-order valence-corrected chi connectivity index (χ2v) is 29.8. The van der Waals surface area contributed by atoms with Crippen molar-refractivity contribution in [1.82, 2.24) is 15.0 Å². The number of benzene rings is 6. The molecule has 0 fully saturated rings. The summed E-state index contributed by atoms with van der Waals surface area (Å²) in [5.74, 6) is 21.4. The van der Waals surface area contributed by atoms with Gasteiger partial charge < -0.3 is 4.90 Å². The SMILES string of the molecule is CC#Cc1ccc(N(c2ccc(C#CC)cc2)c2ccc(C#CC)cc2)cc1.CC1=C(/C(Br)=C(\Br)C2=C(C)C2C)C1C.CC1=C(/C=C/C2=C(C)C2C)C1C.CCc1ccc2ccccc2n1.CCc1ccc2ccccc2n1.[C-]#[N+]/C(C#N)=C(\C(=C(C#N)C#N)C1=C(C)C1C)C1=C(C)C1C.[CH2-]c1ccc2ccccc2n1.[Y]. The monoisotopic (exact) mass is 1670 g/mol. The number of halogens is 2. The van der Waals surface area contributed by atoms with Crippen molar-refractivity contribution in [2.75, 3.05) is 4.90 Å². The summed E-state index contributed by atoms with van der Waals surface area (Å²) in [4.78, 5) is 18.8. The number of hydrogen-bond acceptors (Lipinski definition) is 7. The van der Waals surface area contributed by atoms with Gasteiger partial charge in [-0.2, -0.15) is 16.6 Å². The molecule has 3 heterocycles. The van der Waals surface area contributed by atoms with E-state index in [0.29, 0.717) is 23.0 Å². The van der Waals surface area contributed by atoms with Crippen molar-refractivity contribution in [2.24, 2.45) is 35.5 Å². The van der Waals surface area contributed by atoms with E-state index in [0.717, 1.165) is 114 Å². The molecule has 6 unspecified atom stereocenters. The van der Waals surface area contributed by atoms with Crippen LogP contribution in [0.3, 0.4) is 0 Å². The zero-order valence-corrected chi connectivity index (χ0v) is 73.5. The molecule has 557 valence electrons. The Morgan fingerprint density at radius 1 is 0.429 bits per heavy atom. The molecule has 15 rings (SSSR count). The van der Waals surface area contributed by atoms with Crippen LogP contribution in [0.4, 0.5) is 17.1 Å². The van der Waals surface area contributed by atoms with Crippen molar-refractivity contribution in [3.05, 3.63) is 345 Å². The Labute approximate surface area is 708 Å². The topological polar surface area (TPSA) is 118 Å². The predicted octanol–water partition coefficient (Wildman–Crippen LogP) is 26.6. The Morgan fingerprint density at radius 2 is 0.732 bits per heavy atom. The molecule has 0 amide bonds. The standard InChI is InChI=1S/C27H21N.C18H14N4.C12H14Br2.C12H16.2C11H11N.C10H8N.Y/c1-4-7-22-10-16-25(17-11-22)28(26-18-12-23(8-5-2)13-19-26)27-20-14-24(9-6-3)15-21-27;1-9-10(2)15(9)17(13(6-19)7-20)18(14(8-21)22-5)16-11(3)12(16)4;1-5-6(2)9(5)11(13)12(14)10-7(3)8(10)4;1-7-8(2)11(7)5-6-12-9(3)10(12)4;2*1-2-10-8-7-9-5-3-4-6-11(9)12-10;1-8-6-7-9-4-2-3-5-10(9)11-8;/h10-21H,1-3H3;9,11H,1-4H3;5,7H,1-4H3;5-7,9H,1-4H3;2*3-8H,2H2,1H3;2-7H,1H2;/q;;;;;;-1;/b;18-14-;12-11+;6-5+;;;;. The molecule has 6 aliphatic carbocycles. The molecule has 0 saturated carbocycles. The van der Waals surface area contributed by atoms with Crippen molar-refractivity contribution >= 4 is 81.6 Å². The van der Waals surface area contributed by atoms with Gasteiger partial charge in [0.1, 0.15) is 17.7 Å². The third-order valence-corrected chi connectivity index (χ3v) is 23.6. The molecule has 6 atom stereocenters. The van der Waals surface area contributed by atoms with Crippen molar-refractivity contribution in [3.8, 4) is 53.7 Å². The minimum absolute atomic E-state index is 0.